The van der Waals surface area contributed by atoms with Crippen LogP contribution in [-0.4, -0.2) is 40.7 Å². The number of carbonyl (C=O) groups excluding carboxylic acids is 1. The van der Waals surface area contributed by atoms with Crippen LogP contribution in [0.1, 0.15) is 24.3 Å². The molecule has 10 nitrogen and oxygen atoms in total. The second kappa shape index (κ2) is 8.86. The minimum absolute atomic E-state index is 0.146. The monoisotopic (exact) mass is 466 g/mol. The van der Waals surface area contributed by atoms with Gasteiger partial charge in [-0.25, -0.2) is 31.7 Å². The van der Waals surface area contributed by atoms with Crippen LogP contribution in [0.25, 0.3) is 11.4 Å². The Hall–Kier alpha value is -3.61. The number of carbonyl (C=O) groups is 1. The molecule has 3 aromatic rings. The highest BCUT2D eigenvalue weighted by atomic mass is 32.2. The molecule has 0 saturated carbocycles. The molecule has 1 amide bonds. The minimum atomic E-state index is -3.48. The van der Waals surface area contributed by atoms with E-state index in [1.54, 1.807) is 6.92 Å². The molecule has 0 aliphatic rings. The molecule has 0 radical (unpaired) electrons. The summed E-state index contributed by atoms with van der Waals surface area (Å²) in [6.45, 7) is 3.07. The summed E-state index contributed by atoms with van der Waals surface area (Å²) in [5.41, 5.74) is 1.36. The molecule has 1 aromatic carbocycles. The van der Waals surface area contributed by atoms with E-state index < -0.39 is 33.9 Å². The average Bonchev–Trinajstić information content (AvgIpc) is 3.02. The van der Waals surface area contributed by atoms with Crippen molar-refractivity contribution in [1.82, 2.24) is 20.0 Å². The highest BCUT2D eigenvalue weighted by molar-refractivity contribution is 7.92. The number of rotatable bonds is 6. The molecule has 0 aliphatic carbocycles. The van der Waals surface area contributed by atoms with Crippen molar-refractivity contribution < 1.29 is 26.7 Å². The van der Waals surface area contributed by atoms with Gasteiger partial charge in [0.15, 0.2) is 11.5 Å². The van der Waals surface area contributed by atoms with Gasteiger partial charge in [-0.3, -0.25) is 10.0 Å². The Morgan fingerprint density at radius 2 is 1.84 bits per heavy atom. The smallest absolute Gasteiger partial charge is 0.413 e. The fraction of sp³-hybridized carbons (Fsp3) is 0.263. The standard InChI is InChI=1S/C19H20F2N6O4S/c1-10-15(25-32(4,29)30)5-6-16(22-10)17-18(27(3)26-24-17)23-19(28)31-11(2)12-7-13(20)9-14(21)8-12/h5-9,11,25H,1-4H3,(H,23,28)/t11-/m1/s1. The van der Waals surface area contributed by atoms with Crippen LogP contribution in [0.15, 0.2) is 30.3 Å². The van der Waals surface area contributed by atoms with Crippen LogP contribution in [0.2, 0.25) is 0 Å². The number of aromatic nitrogens is 4. The van der Waals surface area contributed by atoms with Crippen molar-refractivity contribution in [3.8, 4) is 11.4 Å². The molecule has 2 heterocycles. The Morgan fingerprint density at radius 1 is 1.19 bits per heavy atom. The van der Waals surface area contributed by atoms with E-state index in [2.05, 4.69) is 25.3 Å². The molecule has 170 valence electrons. The number of ether oxygens (including phenoxy) is 1. The third-order valence-electron chi connectivity index (χ3n) is 4.31. The number of benzene rings is 1. The van der Waals surface area contributed by atoms with E-state index in [9.17, 15) is 22.0 Å². The second-order valence-electron chi connectivity index (χ2n) is 6.99. The molecule has 0 fully saturated rings. The first kappa shape index (κ1) is 23.1. The zero-order valence-corrected chi connectivity index (χ0v) is 18.4. The summed E-state index contributed by atoms with van der Waals surface area (Å²) < 4.78 is 58.6. The van der Waals surface area contributed by atoms with Gasteiger partial charge in [0.25, 0.3) is 0 Å². The first-order valence-corrected chi connectivity index (χ1v) is 11.1. The van der Waals surface area contributed by atoms with Crippen LogP contribution >= 0.6 is 0 Å². The largest absolute Gasteiger partial charge is 0.441 e. The topological polar surface area (TPSA) is 128 Å². The van der Waals surface area contributed by atoms with Crippen LogP contribution in [0.5, 0.6) is 0 Å². The lowest BCUT2D eigenvalue weighted by molar-refractivity contribution is 0.120. The van der Waals surface area contributed by atoms with Crippen molar-refractivity contribution in [3.05, 3.63) is 53.2 Å². The van der Waals surface area contributed by atoms with Gasteiger partial charge < -0.3 is 4.74 Å². The SMILES string of the molecule is Cc1nc(-c2nnn(C)c2NC(=O)O[C@H](C)c2cc(F)cc(F)c2)ccc1NS(C)(=O)=O. The summed E-state index contributed by atoms with van der Waals surface area (Å²) in [6, 6.07) is 5.87. The average molecular weight is 466 g/mol. The fourth-order valence-electron chi connectivity index (χ4n) is 2.83. The Morgan fingerprint density at radius 3 is 2.44 bits per heavy atom. The molecule has 0 unspecified atom stereocenters. The quantitative estimate of drug-likeness (QED) is 0.571. The third kappa shape index (κ3) is 5.55. The van der Waals surface area contributed by atoms with Crippen molar-refractivity contribution in [3.63, 3.8) is 0 Å². The highest BCUT2D eigenvalue weighted by Gasteiger charge is 2.20. The fourth-order valence-corrected chi connectivity index (χ4v) is 3.45. The lowest BCUT2D eigenvalue weighted by Crippen LogP contribution is -2.18. The zero-order chi connectivity index (χ0) is 23.6. The van der Waals surface area contributed by atoms with Gasteiger partial charge in [0.1, 0.15) is 17.7 Å². The van der Waals surface area contributed by atoms with Crippen LogP contribution in [0, 0.1) is 18.6 Å². The molecular weight excluding hydrogens is 446 g/mol. The molecule has 13 heteroatoms. The van der Waals surface area contributed by atoms with Gasteiger partial charge in [-0.1, -0.05) is 5.21 Å². The Balaban J connectivity index is 1.80. The van der Waals surface area contributed by atoms with Crippen LogP contribution in [0.4, 0.5) is 25.1 Å². The van der Waals surface area contributed by atoms with Crippen molar-refractivity contribution in [2.45, 2.75) is 20.0 Å². The number of aryl methyl sites for hydroxylation is 2. The van der Waals surface area contributed by atoms with Crippen LogP contribution in [-0.2, 0) is 21.8 Å². The van der Waals surface area contributed by atoms with Gasteiger partial charge in [0.05, 0.1) is 23.3 Å². The predicted octanol–water partition coefficient (Wildman–Crippen LogP) is 3.14. The second-order valence-corrected chi connectivity index (χ2v) is 8.74. The van der Waals surface area contributed by atoms with Crippen molar-refractivity contribution in [2.24, 2.45) is 7.05 Å². The van der Waals surface area contributed by atoms with Crippen molar-refractivity contribution in [2.75, 3.05) is 16.3 Å². The zero-order valence-electron chi connectivity index (χ0n) is 17.6. The molecule has 0 spiro atoms. The molecule has 3 rings (SSSR count). The van der Waals surface area contributed by atoms with Gasteiger partial charge in [-0.2, -0.15) is 0 Å². The molecule has 2 aromatic heterocycles. The Bertz CT molecular complexity index is 1260. The third-order valence-corrected chi connectivity index (χ3v) is 4.90. The lowest BCUT2D eigenvalue weighted by atomic mass is 10.1. The first-order valence-electron chi connectivity index (χ1n) is 9.22. The Labute approximate surface area is 182 Å². The number of hydrogen-bond acceptors (Lipinski definition) is 7. The number of hydrogen-bond donors (Lipinski definition) is 2. The van der Waals surface area contributed by atoms with E-state index in [-0.39, 0.29) is 17.1 Å². The van der Waals surface area contributed by atoms with E-state index in [0.717, 1.165) is 24.5 Å². The molecule has 2 N–H and O–H groups in total. The highest BCUT2D eigenvalue weighted by Crippen LogP contribution is 2.27. The van der Waals surface area contributed by atoms with Crippen molar-refractivity contribution >= 4 is 27.6 Å². The molecule has 0 saturated heterocycles. The maximum Gasteiger partial charge on any atom is 0.413 e. The summed E-state index contributed by atoms with van der Waals surface area (Å²) in [5.74, 6) is -1.42. The number of halogens is 2. The first-order chi connectivity index (χ1) is 14.9. The number of nitrogens with zero attached hydrogens (tertiary/aromatic N) is 4. The molecule has 0 bridgehead atoms. The Kier molecular flexibility index (Phi) is 6.39. The minimum Gasteiger partial charge on any atom is -0.441 e. The van der Waals surface area contributed by atoms with E-state index in [1.165, 1.54) is 30.8 Å². The molecular formula is C19H20F2N6O4S. The summed E-state index contributed by atoms with van der Waals surface area (Å²) in [7, 11) is -1.95. The maximum atomic E-state index is 13.4. The van der Waals surface area contributed by atoms with Gasteiger partial charge in [0, 0.05) is 13.1 Å². The summed E-state index contributed by atoms with van der Waals surface area (Å²) in [4.78, 5) is 16.7. The molecule has 0 aliphatic heterocycles. The number of sulfonamides is 1. The van der Waals surface area contributed by atoms with Gasteiger partial charge in [-0.05, 0) is 43.7 Å². The summed E-state index contributed by atoms with van der Waals surface area (Å²) in [6.07, 6.45) is -0.817. The van der Waals surface area contributed by atoms with E-state index in [0.29, 0.717) is 17.1 Å². The van der Waals surface area contributed by atoms with Crippen LogP contribution < -0.4 is 10.0 Å². The van der Waals surface area contributed by atoms with E-state index >= 15 is 0 Å². The molecule has 32 heavy (non-hydrogen) atoms. The van der Waals surface area contributed by atoms with Gasteiger partial charge in [0.2, 0.25) is 10.0 Å². The lowest BCUT2D eigenvalue weighted by Gasteiger charge is -2.15. The number of anilines is 2. The van der Waals surface area contributed by atoms with Gasteiger partial charge >= 0.3 is 6.09 Å². The van der Waals surface area contributed by atoms with E-state index in [1.807, 2.05) is 0 Å². The number of nitrogens with one attached hydrogen (secondary N) is 2. The normalized spacial score (nSPS) is 12.3. The predicted molar refractivity (Wildman–Crippen MR) is 112 cm³/mol. The van der Waals surface area contributed by atoms with Crippen LogP contribution in [0.3, 0.4) is 0 Å². The van der Waals surface area contributed by atoms with E-state index in [4.69, 9.17) is 4.74 Å². The van der Waals surface area contributed by atoms with Crippen molar-refractivity contribution in [1.29, 1.82) is 0 Å². The maximum absolute atomic E-state index is 13.4. The van der Waals surface area contributed by atoms with Gasteiger partial charge in [-0.15, -0.1) is 5.10 Å². The number of pyridine rings is 1. The summed E-state index contributed by atoms with van der Waals surface area (Å²) in [5, 5.41) is 10.3. The molecule has 1 atom stereocenters. The number of amides is 1. The summed E-state index contributed by atoms with van der Waals surface area (Å²) >= 11 is 0.